The van der Waals surface area contributed by atoms with Gasteiger partial charge in [-0.25, -0.2) is 18.4 Å². The van der Waals surface area contributed by atoms with E-state index in [4.69, 9.17) is 21.4 Å². The number of aliphatic carboxylic acids is 1. The van der Waals surface area contributed by atoms with Gasteiger partial charge in [0.2, 0.25) is 0 Å². The lowest BCUT2D eigenvalue weighted by molar-refractivity contribution is -0.152. The molecular weight excluding hydrogens is 479 g/mol. The Morgan fingerprint density at radius 2 is 1.73 bits per heavy atom. The molecule has 0 aliphatic heterocycles. The summed E-state index contributed by atoms with van der Waals surface area (Å²) < 4.78 is 73.6. The Bertz CT molecular complexity index is 1260. The predicted molar refractivity (Wildman–Crippen MR) is 103 cm³/mol. The summed E-state index contributed by atoms with van der Waals surface area (Å²) in [5, 5.41) is 15.5. The van der Waals surface area contributed by atoms with E-state index in [-0.39, 0.29) is 11.3 Å². The van der Waals surface area contributed by atoms with E-state index in [0.29, 0.717) is 15.4 Å². The summed E-state index contributed by atoms with van der Waals surface area (Å²) in [6.07, 6.45) is -4.69. The number of nitrogens with zero attached hydrogens (tertiary/aromatic N) is 4. The zero-order valence-electron chi connectivity index (χ0n) is 16.8. The Balaban J connectivity index is 1.89. The fourth-order valence-corrected chi connectivity index (χ4v) is 2.96. The third-order valence-corrected chi connectivity index (χ3v) is 4.72. The fourth-order valence-electron chi connectivity index (χ4n) is 2.67. The first-order chi connectivity index (χ1) is 15.2. The molecule has 2 aromatic carbocycles. The second-order valence-electron chi connectivity index (χ2n) is 7.30. The largest absolute Gasteiger partial charge is 0.478 e. The van der Waals surface area contributed by atoms with E-state index in [9.17, 15) is 31.5 Å². The Morgan fingerprint density at radius 1 is 1.12 bits per heavy atom. The normalized spacial score (nSPS) is 12.1. The number of aromatic nitrogens is 4. The maximum atomic E-state index is 14.4. The van der Waals surface area contributed by atoms with E-state index >= 15 is 0 Å². The minimum atomic E-state index is -4.69. The third kappa shape index (κ3) is 4.97. The van der Waals surface area contributed by atoms with Crippen molar-refractivity contribution in [2.24, 2.45) is 0 Å². The Labute approximate surface area is 186 Å². The number of ether oxygens (including phenoxy) is 1. The first-order valence-corrected chi connectivity index (χ1v) is 9.39. The predicted octanol–water partition coefficient (Wildman–Crippen LogP) is 3.67. The number of carboxylic acids is 1. The molecule has 0 saturated heterocycles. The molecule has 0 aliphatic rings. The van der Waals surface area contributed by atoms with Gasteiger partial charge in [-0.05, 0) is 60.2 Å². The highest BCUT2D eigenvalue weighted by Gasteiger charge is 2.34. The van der Waals surface area contributed by atoms with Crippen LogP contribution in [0.1, 0.15) is 25.0 Å². The first-order valence-electron chi connectivity index (χ1n) is 9.01. The van der Waals surface area contributed by atoms with E-state index in [1.54, 1.807) is 0 Å². The Hall–Kier alpha value is -3.48. The molecule has 3 rings (SSSR count). The molecule has 0 amide bonds. The highest BCUT2D eigenvalue weighted by atomic mass is 35.5. The number of tetrazole rings is 1. The molecule has 0 saturated carbocycles. The molecule has 0 bridgehead atoms. The lowest BCUT2D eigenvalue weighted by Gasteiger charge is -2.22. The molecule has 0 fully saturated rings. The zero-order chi connectivity index (χ0) is 24.7. The van der Waals surface area contributed by atoms with E-state index in [0.717, 1.165) is 38.1 Å². The molecule has 0 spiro atoms. The molecule has 0 aliphatic carbocycles. The van der Waals surface area contributed by atoms with Gasteiger partial charge in [0.15, 0.2) is 23.0 Å². The summed E-state index contributed by atoms with van der Waals surface area (Å²) in [6.45, 7) is 1.75. The molecule has 176 valence electrons. The van der Waals surface area contributed by atoms with Crippen molar-refractivity contribution in [2.75, 3.05) is 0 Å². The smallest absolute Gasteiger partial charge is 0.417 e. The monoisotopic (exact) mass is 492 g/mol. The lowest BCUT2D eigenvalue weighted by atomic mass is 10.1. The van der Waals surface area contributed by atoms with E-state index in [2.05, 4.69) is 10.4 Å². The van der Waals surface area contributed by atoms with Crippen LogP contribution in [0.25, 0.3) is 5.69 Å². The molecule has 0 unspecified atom stereocenters. The highest BCUT2D eigenvalue weighted by molar-refractivity contribution is 6.31. The van der Waals surface area contributed by atoms with Crippen LogP contribution in [0.15, 0.2) is 35.1 Å². The van der Waals surface area contributed by atoms with Crippen LogP contribution in [0.2, 0.25) is 5.02 Å². The Morgan fingerprint density at radius 3 is 2.24 bits per heavy atom. The topological polar surface area (TPSA) is 99.2 Å². The molecule has 0 atom stereocenters. The molecule has 33 heavy (non-hydrogen) atoms. The van der Waals surface area contributed by atoms with Crippen LogP contribution < -0.4 is 10.4 Å². The number of halogens is 6. The zero-order valence-corrected chi connectivity index (χ0v) is 17.6. The third-order valence-electron chi connectivity index (χ3n) is 4.40. The van der Waals surface area contributed by atoms with Crippen LogP contribution >= 0.6 is 11.6 Å². The van der Waals surface area contributed by atoms with Gasteiger partial charge in [0.1, 0.15) is 0 Å². The van der Waals surface area contributed by atoms with E-state index < -0.39 is 58.0 Å². The fraction of sp³-hybridized carbons (Fsp3) is 0.263. The lowest BCUT2D eigenvalue weighted by Crippen LogP contribution is -2.38. The quantitative estimate of drug-likeness (QED) is 0.527. The average Bonchev–Trinajstić information content (AvgIpc) is 3.04. The van der Waals surface area contributed by atoms with Gasteiger partial charge in [-0.3, -0.25) is 0 Å². The second kappa shape index (κ2) is 8.46. The maximum Gasteiger partial charge on any atom is 0.417 e. The van der Waals surface area contributed by atoms with E-state index in [1.165, 1.54) is 0 Å². The highest BCUT2D eigenvalue weighted by Crippen LogP contribution is 2.35. The number of benzene rings is 2. The van der Waals surface area contributed by atoms with Crippen LogP contribution in [0.3, 0.4) is 0 Å². The second-order valence-corrected chi connectivity index (χ2v) is 7.71. The summed E-state index contributed by atoms with van der Waals surface area (Å²) in [7, 11) is 0. The first kappa shape index (κ1) is 24.2. The molecular formula is C19H14ClF5N4O4. The summed E-state index contributed by atoms with van der Waals surface area (Å²) in [6, 6.07) is 4.14. The average molecular weight is 493 g/mol. The molecule has 14 heteroatoms. The van der Waals surface area contributed by atoms with Gasteiger partial charge in [-0.15, -0.1) is 0 Å². The number of rotatable bonds is 6. The van der Waals surface area contributed by atoms with Crippen LogP contribution in [0, 0.1) is 11.6 Å². The standard InChI is InChI=1S/C19H14ClF5N4O4/c1-18(2,16(30)31)33-15-13(21)5-9(6-14(15)22)8-28-17(32)29(27-26-28)10-3-4-11(12(20)7-10)19(23,24)25/h3-7H,8H2,1-2H3,(H,30,31). The number of hydrogen-bond acceptors (Lipinski definition) is 5. The van der Waals surface area contributed by atoms with Crippen molar-refractivity contribution < 1.29 is 36.6 Å². The Kier molecular flexibility index (Phi) is 6.20. The van der Waals surface area contributed by atoms with Gasteiger partial charge < -0.3 is 9.84 Å². The molecule has 8 nitrogen and oxygen atoms in total. The molecule has 1 aromatic heterocycles. The maximum absolute atomic E-state index is 14.4. The number of carboxylic acid groups (broad SMARTS) is 1. The minimum absolute atomic E-state index is 0.0786. The molecule has 1 N–H and O–H groups in total. The van der Waals surface area contributed by atoms with Crippen LogP contribution in [-0.2, 0) is 17.5 Å². The van der Waals surface area contributed by atoms with Crippen molar-refractivity contribution >= 4 is 17.6 Å². The molecule has 1 heterocycles. The summed E-state index contributed by atoms with van der Waals surface area (Å²) in [5.41, 5.74) is -4.12. The number of alkyl halides is 3. The summed E-state index contributed by atoms with van der Waals surface area (Å²) in [4.78, 5) is 23.6. The molecule has 0 radical (unpaired) electrons. The van der Waals surface area contributed by atoms with Crippen molar-refractivity contribution in [2.45, 2.75) is 32.2 Å². The molecule has 3 aromatic rings. The number of hydrogen-bond donors (Lipinski definition) is 1. The van der Waals surface area contributed by atoms with Crippen molar-refractivity contribution in [3.8, 4) is 11.4 Å². The van der Waals surface area contributed by atoms with Gasteiger partial charge in [-0.2, -0.15) is 22.5 Å². The van der Waals surface area contributed by atoms with Gasteiger partial charge in [0.25, 0.3) is 0 Å². The SMILES string of the molecule is CC(C)(Oc1c(F)cc(Cn2nnn(-c3ccc(C(F)(F)F)c(Cl)c3)c2=O)cc1F)C(=O)O. The van der Waals surface area contributed by atoms with Gasteiger partial charge in [-0.1, -0.05) is 11.6 Å². The van der Waals surface area contributed by atoms with Crippen molar-refractivity contribution in [1.29, 1.82) is 0 Å². The van der Waals surface area contributed by atoms with Crippen molar-refractivity contribution in [1.82, 2.24) is 19.8 Å². The minimum Gasteiger partial charge on any atom is -0.478 e. The van der Waals surface area contributed by atoms with Crippen LogP contribution in [0.5, 0.6) is 5.75 Å². The number of carbonyl (C=O) groups is 1. The summed E-state index contributed by atoms with van der Waals surface area (Å²) in [5.74, 6) is -4.79. The van der Waals surface area contributed by atoms with Crippen LogP contribution in [-0.4, -0.2) is 36.5 Å². The van der Waals surface area contributed by atoms with Gasteiger partial charge in [0, 0.05) is 0 Å². The van der Waals surface area contributed by atoms with Crippen molar-refractivity contribution in [3.63, 3.8) is 0 Å². The van der Waals surface area contributed by atoms with E-state index in [1.807, 2.05) is 0 Å². The van der Waals surface area contributed by atoms with Crippen molar-refractivity contribution in [3.05, 3.63) is 68.6 Å². The summed E-state index contributed by atoms with van der Waals surface area (Å²) >= 11 is 5.65. The van der Waals surface area contributed by atoms with Gasteiger partial charge >= 0.3 is 17.8 Å². The van der Waals surface area contributed by atoms with Crippen LogP contribution in [0.4, 0.5) is 22.0 Å². The van der Waals surface area contributed by atoms with Gasteiger partial charge in [0.05, 0.1) is 22.8 Å².